The highest BCUT2D eigenvalue weighted by atomic mass is 16.4. The van der Waals surface area contributed by atoms with Gasteiger partial charge in [0, 0.05) is 25.9 Å². The number of rotatable bonds is 13. The minimum atomic E-state index is -1.46. The highest BCUT2D eigenvalue weighted by Gasteiger charge is 2.52. The fourth-order valence-electron chi connectivity index (χ4n) is 8.89. The van der Waals surface area contributed by atoms with Crippen LogP contribution in [-0.2, 0) is 25.6 Å². The highest BCUT2D eigenvalue weighted by molar-refractivity contribution is 5.96. The lowest BCUT2D eigenvalue weighted by Gasteiger charge is -2.57. The van der Waals surface area contributed by atoms with E-state index < -0.39 is 29.5 Å². The molecule has 7 N–H and O–H groups in total. The van der Waals surface area contributed by atoms with Gasteiger partial charge in [0.1, 0.15) is 17.6 Å². The van der Waals surface area contributed by atoms with Crippen molar-refractivity contribution in [1.29, 1.82) is 0 Å². The van der Waals surface area contributed by atoms with Gasteiger partial charge < -0.3 is 32.1 Å². The number of carbonyl (C=O) groups is 4. The van der Waals surface area contributed by atoms with E-state index in [9.17, 15) is 24.3 Å². The first-order valence-corrected chi connectivity index (χ1v) is 16.2. The van der Waals surface area contributed by atoms with Gasteiger partial charge in [-0.2, -0.15) is 0 Å². The highest BCUT2D eigenvalue weighted by Crippen LogP contribution is 2.61. The van der Waals surface area contributed by atoms with Crippen LogP contribution in [0.1, 0.15) is 83.1 Å². The number of amides is 3. The fourth-order valence-corrected chi connectivity index (χ4v) is 8.89. The smallest absolute Gasteiger partial charge is 0.326 e. The minimum absolute atomic E-state index is 0.0468. The summed E-state index contributed by atoms with van der Waals surface area (Å²) in [5, 5.41) is 15.4. The summed E-state index contributed by atoms with van der Waals surface area (Å²) in [6.07, 6.45) is 9.68. The summed E-state index contributed by atoms with van der Waals surface area (Å²) in [7, 11) is 0. The maximum atomic E-state index is 13.9. The molecule has 4 saturated carbocycles. The molecule has 4 bridgehead atoms. The molecule has 0 aromatic heterocycles. The maximum absolute atomic E-state index is 13.9. The summed E-state index contributed by atoms with van der Waals surface area (Å²) >= 11 is 0. The predicted molar refractivity (Wildman–Crippen MR) is 166 cm³/mol. The van der Waals surface area contributed by atoms with Crippen molar-refractivity contribution in [3.63, 3.8) is 0 Å². The third-order valence-electron chi connectivity index (χ3n) is 10.4. The molecule has 11 nitrogen and oxygen atoms in total. The van der Waals surface area contributed by atoms with Crippen molar-refractivity contribution in [3.05, 3.63) is 35.9 Å². The van der Waals surface area contributed by atoms with Gasteiger partial charge in [0.2, 0.25) is 17.7 Å². The Balaban J connectivity index is 1.28. The number of carbonyl (C=O) groups excluding carboxylic acids is 3. The molecule has 0 radical (unpaired) electrons. The summed E-state index contributed by atoms with van der Waals surface area (Å²) in [4.78, 5) is 59.1. The topological polar surface area (TPSA) is 180 Å². The van der Waals surface area contributed by atoms with Crippen LogP contribution in [0.4, 0.5) is 0 Å². The van der Waals surface area contributed by atoms with E-state index in [0.717, 1.165) is 49.0 Å². The van der Waals surface area contributed by atoms with Crippen molar-refractivity contribution in [2.75, 3.05) is 13.1 Å². The van der Waals surface area contributed by atoms with Crippen molar-refractivity contribution in [2.24, 2.45) is 39.6 Å². The Kier molecular flexibility index (Phi) is 9.51. The number of likely N-dealkylation sites (tertiary alicyclic amines) is 1. The molecule has 3 atom stereocenters. The molecule has 1 aliphatic heterocycles. The van der Waals surface area contributed by atoms with E-state index in [-0.39, 0.29) is 42.6 Å². The van der Waals surface area contributed by atoms with E-state index in [1.807, 2.05) is 30.3 Å². The van der Waals surface area contributed by atoms with Crippen molar-refractivity contribution in [1.82, 2.24) is 15.5 Å². The quantitative estimate of drug-likeness (QED) is 0.129. The first-order valence-electron chi connectivity index (χ1n) is 16.2. The van der Waals surface area contributed by atoms with Crippen LogP contribution < -0.4 is 22.1 Å². The second-order valence-electron chi connectivity index (χ2n) is 14.1. The average molecular weight is 609 g/mol. The van der Waals surface area contributed by atoms with Gasteiger partial charge >= 0.3 is 5.97 Å². The minimum Gasteiger partial charge on any atom is -0.480 e. The second kappa shape index (κ2) is 13.2. The molecule has 1 aromatic rings. The van der Waals surface area contributed by atoms with Gasteiger partial charge in [-0.3, -0.25) is 19.4 Å². The number of aliphatic imine (C=N–C) groups is 1. The normalized spacial score (nSPS) is 29.0. The van der Waals surface area contributed by atoms with E-state index in [1.165, 1.54) is 19.3 Å². The number of hydrogen-bond acceptors (Lipinski definition) is 5. The van der Waals surface area contributed by atoms with Crippen molar-refractivity contribution >= 4 is 29.7 Å². The Morgan fingerprint density at radius 1 is 1.07 bits per heavy atom. The van der Waals surface area contributed by atoms with E-state index in [4.69, 9.17) is 11.5 Å². The Labute approximate surface area is 259 Å². The van der Waals surface area contributed by atoms with Crippen LogP contribution in [0.3, 0.4) is 0 Å². The van der Waals surface area contributed by atoms with Crippen LogP contribution in [0.15, 0.2) is 35.3 Å². The first-order chi connectivity index (χ1) is 20.9. The zero-order valence-corrected chi connectivity index (χ0v) is 25.8. The zero-order chi connectivity index (χ0) is 31.5. The summed E-state index contributed by atoms with van der Waals surface area (Å²) in [6, 6.07) is 7.43. The number of hydrogen-bond donors (Lipinski definition) is 5. The van der Waals surface area contributed by atoms with Gasteiger partial charge in [-0.15, -0.1) is 0 Å². The molecule has 44 heavy (non-hydrogen) atoms. The molecule has 3 amide bonds. The van der Waals surface area contributed by atoms with Crippen LogP contribution in [0.5, 0.6) is 0 Å². The van der Waals surface area contributed by atoms with E-state index in [2.05, 4.69) is 15.6 Å². The summed E-state index contributed by atoms with van der Waals surface area (Å²) < 4.78 is 0. The second-order valence-corrected chi connectivity index (χ2v) is 14.1. The number of carboxylic acids is 1. The van der Waals surface area contributed by atoms with Crippen LogP contribution in [-0.4, -0.2) is 70.4 Å². The number of nitrogens with one attached hydrogen (secondary N) is 2. The van der Waals surface area contributed by atoms with Gasteiger partial charge in [0.15, 0.2) is 5.96 Å². The Morgan fingerprint density at radius 3 is 2.30 bits per heavy atom. The number of nitrogens with zero attached hydrogens (tertiary/aromatic N) is 2. The number of guanidine groups is 1. The molecule has 0 spiro atoms. The molecule has 1 unspecified atom stereocenters. The zero-order valence-electron chi connectivity index (χ0n) is 25.8. The molecule has 1 heterocycles. The van der Waals surface area contributed by atoms with Crippen LogP contribution in [0, 0.1) is 23.2 Å². The van der Waals surface area contributed by atoms with E-state index >= 15 is 0 Å². The molecule has 1 saturated heterocycles. The maximum Gasteiger partial charge on any atom is 0.326 e. The van der Waals surface area contributed by atoms with Crippen LogP contribution >= 0.6 is 0 Å². The lowest BCUT2D eigenvalue weighted by atomic mass is 9.49. The molecule has 5 aliphatic rings. The third-order valence-corrected chi connectivity index (χ3v) is 10.4. The van der Waals surface area contributed by atoms with Gasteiger partial charge in [0.05, 0.1) is 0 Å². The Hall–Kier alpha value is -3.63. The Bertz CT molecular complexity index is 1230. The van der Waals surface area contributed by atoms with Gasteiger partial charge in [-0.25, -0.2) is 4.79 Å². The lowest BCUT2D eigenvalue weighted by Crippen LogP contribution is -2.63. The summed E-state index contributed by atoms with van der Waals surface area (Å²) in [5.41, 5.74) is 10.1. The lowest BCUT2D eigenvalue weighted by molar-refractivity contribution is -0.146. The molecule has 5 fully saturated rings. The van der Waals surface area contributed by atoms with Gasteiger partial charge in [-0.05, 0) is 99.9 Å². The van der Waals surface area contributed by atoms with E-state index in [0.29, 0.717) is 25.8 Å². The number of nitrogens with two attached hydrogens (primary N) is 2. The van der Waals surface area contributed by atoms with Crippen LogP contribution in [0.25, 0.3) is 0 Å². The van der Waals surface area contributed by atoms with Crippen molar-refractivity contribution in [3.8, 4) is 0 Å². The van der Waals surface area contributed by atoms with E-state index in [1.54, 1.807) is 11.8 Å². The predicted octanol–water partition coefficient (Wildman–Crippen LogP) is 2.32. The monoisotopic (exact) mass is 608 g/mol. The fraction of sp³-hybridized carbons (Fsp3) is 0.667. The van der Waals surface area contributed by atoms with Crippen LogP contribution in [0.2, 0.25) is 0 Å². The van der Waals surface area contributed by atoms with Crippen molar-refractivity contribution < 1.29 is 24.3 Å². The molecular weight excluding hydrogens is 560 g/mol. The number of benzene rings is 1. The van der Waals surface area contributed by atoms with Gasteiger partial charge in [-0.1, -0.05) is 30.3 Å². The molecular formula is C33H48N6O5. The third kappa shape index (κ3) is 7.35. The number of aliphatic carboxylic acids is 1. The standard InChI is InChI=1S/C33H48N6O5/c1-32(16-21-7-3-2-4-8-21,30(44)37-25(29(42)43)9-5-11-36-31(34)35)38-28(41)26-10-6-12-39(26)27(40)20-33-17-22-13-23(18-33)15-24(14-22)19-33/h2-4,7-8,22-26H,5-6,9-20H2,1H3,(H,37,44)(H,38,41)(H,42,43)(H4,34,35,36)/t22?,23?,24?,25-,26-,32?,33?/m0/s1. The number of carboxylic acid groups (broad SMARTS) is 1. The molecule has 240 valence electrons. The first kappa shape index (κ1) is 31.8. The Morgan fingerprint density at radius 2 is 1.70 bits per heavy atom. The van der Waals surface area contributed by atoms with Gasteiger partial charge in [0.25, 0.3) is 0 Å². The summed E-state index contributed by atoms with van der Waals surface area (Å²) in [5.74, 6) is 0.0128. The SMILES string of the molecule is CC(Cc1ccccc1)(NC(=O)[C@@H]1CCCN1C(=O)CC12CC3CC(CC(C3)C1)C2)C(=O)N[C@@H](CCCN=C(N)N)C(=O)O. The largest absolute Gasteiger partial charge is 0.480 e. The molecule has 4 aliphatic carbocycles. The molecule has 1 aromatic carbocycles. The van der Waals surface area contributed by atoms with Crippen molar-refractivity contribution in [2.45, 2.75) is 102 Å². The summed E-state index contributed by atoms with van der Waals surface area (Å²) in [6.45, 7) is 2.37. The molecule has 6 rings (SSSR count). The average Bonchev–Trinajstić information content (AvgIpc) is 3.44. The molecule has 11 heteroatoms.